The van der Waals surface area contributed by atoms with Crippen molar-refractivity contribution < 1.29 is 13.3 Å². The number of fused-ring (bicyclic) bond motifs is 14. The monoisotopic (exact) mass is 656 g/mol. The van der Waals surface area contributed by atoms with Crippen LogP contribution in [0.1, 0.15) is 0 Å². The van der Waals surface area contributed by atoms with Crippen LogP contribution in [0.2, 0.25) is 0 Å². The van der Waals surface area contributed by atoms with E-state index in [0.29, 0.717) is 0 Å². The Bertz CT molecular complexity index is 3330. The number of rotatable bonds is 2. The van der Waals surface area contributed by atoms with Crippen LogP contribution < -0.4 is 0 Å². The van der Waals surface area contributed by atoms with Crippen molar-refractivity contribution in [1.29, 1.82) is 0 Å². The van der Waals surface area contributed by atoms with Crippen molar-refractivity contribution in [2.24, 2.45) is 0 Å². The minimum atomic E-state index is 0.783. The van der Waals surface area contributed by atoms with Gasteiger partial charge in [-0.3, -0.25) is 0 Å². The smallest absolute Gasteiger partial charge is 0.178 e. The van der Waals surface area contributed by atoms with Gasteiger partial charge < -0.3 is 13.3 Å². The fourth-order valence-corrected chi connectivity index (χ4v) is 9.42. The molecule has 0 aliphatic rings. The third-order valence-electron chi connectivity index (χ3n) is 10.6. The lowest BCUT2D eigenvalue weighted by molar-refractivity contribution is 0.633. The molecular weight excluding hydrogens is 633 g/mol. The van der Waals surface area contributed by atoms with Gasteiger partial charge in [0.2, 0.25) is 0 Å². The molecule has 0 N–H and O–H groups in total. The maximum atomic E-state index is 6.68. The summed E-state index contributed by atoms with van der Waals surface area (Å²) in [5, 5.41) is 14.9. The molecule has 0 spiro atoms. The van der Waals surface area contributed by atoms with Gasteiger partial charge in [0.1, 0.15) is 22.3 Å². The largest absolute Gasteiger partial charge is 0.455 e. The van der Waals surface area contributed by atoms with Crippen molar-refractivity contribution in [2.45, 2.75) is 0 Å². The summed E-state index contributed by atoms with van der Waals surface area (Å²) in [6.07, 6.45) is 0. The van der Waals surface area contributed by atoms with E-state index in [9.17, 15) is 0 Å². The Morgan fingerprint density at radius 3 is 1.48 bits per heavy atom. The van der Waals surface area contributed by atoms with Crippen molar-refractivity contribution in [3.8, 4) is 22.3 Å². The molecule has 0 saturated heterocycles. The second-order valence-electron chi connectivity index (χ2n) is 13.1. The van der Waals surface area contributed by atoms with Crippen molar-refractivity contribution >= 4 is 109 Å². The first kappa shape index (κ1) is 26.6. The first-order chi connectivity index (χ1) is 24.8. The molecule has 4 heteroatoms. The molecule has 0 atom stereocenters. The molecule has 4 aromatic heterocycles. The molecule has 4 heterocycles. The fourth-order valence-electron chi connectivity index (χ4n) is 8.47. The second-order valence-corrected chi connectivity index (χ2v) is 14.0. The third-order valence-corrected chi connectivity index (χ3v) is 11.5. The molecule has 0 fully saturated rings. The highest BCUT2D eigenvalue weighted by Crippen LogP contribution is 2.51. The van der Waals surface area contributed by atoms with E-state index in [2.05, 4.69) is 127 Å². The van der Waals surface area contributed by atoms with Gasteiger partial charge in [-0.2, -0.15) is 0 Å². The van der Waals surface area contributed by atoms with Crippen LogP contribution >= 0.6 is 11.3 Å². The van der Waals surface area contributed by atoms with Crippen molar-refractivity contribution in [3.05, 3.63) is 145 Å². The molecule has 12 rings (SSSR count). The molecule has 50 heavy (non-hydrogen) atoms. The highest BCUT2D eigenvalue weighted by atomic mass is 32.1. The molecule has 3 nitrogen and oxygen atoms in total. The van der Waals surface area contributed by atoms with E-state index < -0.39 is 0 Å². The molecule has 0 aliphatic carbocycles. The highest BCUT2D eigenvalue weighted by Gasteiger charge is 2.24. The Labute approximate surface area is 288 Å². The van der Waals surface area contributed by atoms with E-state index in [-0.39, 0.29) is 0 Å². The molecule has 0 bridgehead atoms. The fraction of sp³-hybridized carbons (Fsp3) is 0. The van der Waals surface area contributed by atoms with Gasteiger partial charge >= 0.3 is 0 Å². The summed E-state index contributed by atoms with van der Waals surface area (Å²) < 4.78 is 20.9. The van der Waals surface area contributed by atoms with Gasteiger partial charge in [-0.15, -0.1) is 11.3 Å². The lowest BCUT2D eigenvalue weighted by Gasteiger charge is -2.18. The zero-order valence-corrected chi connectivity index (χ0v) is 27.3. The minimum Gasteiger partial charge on any atom is -0.455 e. The Kier molecular flexibility index (Phi) is 5.12. The third kappa shape index (κ3) is 3.38. The summed E-state index contributed by atoms with van der Waals surface area (Å²) in [5.41, 5.74) is 9.92. The van der Waals surface area contributed by atoms with E-state index in [0.717, 1.165) is 71.4 Å². The Morgan fingerprint density at radius 2 is 0.800 bits per heavy atom. The minimum absolute atomic E-state index is 0.783. The van der Waals surface area contributed by atoms with Crippen LogP contribution in [0, 0.1) is 0 Å². The van der Waals surface area contributed by atoms with Gasteiger partial charge in [0, 0.05) is 48.0 Å². The average molecular weight is 657 g/mol. The predicted octanol–water partition coefficient (Wildman–Crippen LogP) is 14.2. The first-order valence-corrected chi connectivity index (χ1v) is 17.7. The summed E-state index contributed by atoms with van der Waals surface area (Å²) >= 11 is 1.78. The van der Waals surface area contributed by atoms with Crippen molar-refractivity contribution in [1.82, 2.24) is 0 Å². The first-order valence-electron chi connectivity index (χ1n) is 16.8. The number of para-hydroxylation sites is 2. The number of furan rings is 3. The van der Waals surface area contributed by atoms with E-state index in [4.69, 9.17) is 13.3 Å². The lowest BCUT2D eigenvalue weighted by Crippen LogP contribution is -1.91. The summed E-state index contributed by atoms with van der Waals surface area (Å²) in [6, 6.07) is 49.5. The maximum Gasteiger partial charge on any atom is 0.178 e. The summed E-state index contributed by atoms with van der Waals surface area (Å²) in [7, 11) is 0. The molecule has 0 amide bonds. The molecule has 12 aromatic rings. The number of hydrogen-bond acceptors (Lipinski definition) is 4. The Balaban J connectivity index is 1.21. The molecule has 0 unspecified atom stereocenters. The van der Waals surface area contributed by atoms with Crippen LogP contribution in [0.25, 0.3) is 120 Å². The SMILES string of the molecule is c1ccc2c(c1)oc1c2ccc2c1oc1cccc(-c3c4ccccc4c(-c4csc5ccc6c7ccccc7oc6c45)c4ccccc34)c12. The summed E-state index contributed by atoms with van der Waals surface area (Å²) in [4.78, 5) is 0. The van der Waals surface area contributed by atoms with Crippen LogP contribution in [0.4, 0.5) is 0 Å². The summed E-state index contributed by atoms with van der Waals surface area (Å²) in [6.45, 7) is 0. The molecule has 8 aromatic carbocycles. The van der Waals surface area contributed by atoms with Gasteiger partial charge in [0.25, 0.3) is 0 Å². The molecule has 0 radical (unpaired) electrons. The van der Waals surface area contributed by atoms with Gasteiger partial charge in [-0.05, 0) is 86.1 Å². The standard InChI is InChI=1S/C46H24O3S/c1-3-14-29-27(12-1)40(33-16-9-19-38-42(33)34-21-20-32-26-11-6-8-18-37(26)48-45(32)46(34)49-38)28-13-2-4-15-30(28)41(29)35-24-50-39-23-22-31-25-10-5-7-17-36(25)47-44(31)43(35)39/h1-24H. The van der Waals surface area contributed by atoms with Gasteiger partial charge in [-0.25, -0.2) is 0 Å². The lowest BCUT2D eigenvalue weighted by atomic mass is 9.84. The Morgan fingerprint density at radius 1 is 0.320 bits per heavy atom. The second kappa shape index (κ2) is 9.63. The van der Waals surface area contributed by atoms with Crippen LogP contribution in [0.15, 0.2) is 158 Å². The number of hydrogen-bond donors (Lipinski definition) is 0. The average Bonchev–Trinajstić information content (AvgIpc) is 3.94. The molecule has 0 saturated carbocycles. The van der Waals surface area contributed by atoms with Crippen LogP contribution in [0.5, 0.6) is 0 Å². The Hall–Kier alpha value is -6.36. The molecular formula is C46H24O3S. The van der Waals surface area contributed by atoms with E-state index in [1.807, 2.05) is 18.2 Å². The predicted molar refractivity (Wildman–Crippen MR) is 210 cm³/mol. The van der Waals surface area contributed by atoms with Crippen LogP contribution in [-0.2, 0) is 0 Å². The van der Waals surface area contributed by atoms with Crippen LogP contribution in [0.3, 0.4) is 0 Å². The quantitative estimate of drug-likeness (QED) is 0.174. The number of thiophene rings is 1. The van der Waals surface area contributed by atoms with Gasteiger partial charge in [-0.1, -0.05) is 97.1 Å². The van der Waals surface area contributed by atoms with Gasteiger partial charge in [0.05, 0.1) is 0 Å². The van der Waals surface area contributed by atoms with E-state index >= 15 is 0 Å². The maximum absolute atomic E-state index is 6.68. The van der Waals surface area contributed by atoms with E-state index in [1.54, 1.807) is 11.3 Å². The van der Waals surface area contributed by atoms with Gasteiger partial charge in [0.15, 0.2) is 11.2 Å². The zero-order valence-electron chi connectivity index (χ0n) is 26.5. The normalized spacial score (nSPS) is 12.4. The zero-order chi connectivity index (χ0) is 32.5. The number of benzene rings is 8. The van der Waals surface area contributed by atoms with E-state index in [1.165, 1.54) is 48.3 Å². The van der Waals surface area contributed by atoms with Crippen LogP contribution in [-0.4, -0.2) is 0 Å². The molecule has 232 valence electrons. The van der Waals surface area contributed by atoms with Crippen molar-refractivity contribution in [2.75, 3.05) is 0 Å². The highest BCUT2D eigenvalue weighted by molar-refractivity contribution is 7.18. The molecule has 0 aliphatic heterocycles. The topological polar surface area (TPSA) is 39.4 Å². The van der Waals surface area contributed by atoms with Crippen molar-refractivity contribution in [3.63, 3.8) is 0 Å². The summed E-state index contributed by atoms with van der Waals surface area (Å²) in [5.74, 6) is 0.